The van der Waals surface area contributed by atoms with E-state index in [2.05, 4.69) is 36.7 Å². The van der Waals surface area contributed by atoms with Gasteiger partial charge in [-0.15, -0.1) is 5.10 Å². The molecule has 0 aliphatic carbocycles. The highest BCUT2D eigenvalue weighted by molar-refractivity contribution is 9.10. The molecule has 0 fully saturated rings. The predicted octanol–water partition coefficient (Wildman–Crippen LogP) is 2.03. The van der Waals surface area contributed by atoms with E-state index in [4.69, 9.17) is 4.74 Å². The molecule has 0 aliphatic rings. The summed E-state index contributed by atoms with van der Waals surface area (Å²) in [5.74, 6) is -0.393. The minimum atomic E-state index is -0.393. The van der Waals surface area contributed by atoms with Crippen molar-refractivity contribution in [3.05, 3.63) is 28.4 Å². The molecule has 6 nitrogen and oxygen atoms in total. The highest BCUT2D eigenvalue weighted by Crippen LogP contribution is 2.20. The van der Waals surface area contributed by atoms with Crippen LogP contribution in [0.25, 0.3) is 10.9 Å². The molecule has 0 saturated carbocycles. The minimum Gasteiger partial charge on any atom is -0.482 e. The molecule has 0 bridgehead atoms. The van der Waals surface area contributed by atoms with Gasteiger partial charge in [0, 0.05) is 9.86 Å². The van der Waals surface area contributed by atoms with E-state index in [1.807, 2.05) is 25.1 Å². The van der Waals surface area contributed by atoms with E-state index in [-0.39, 0.29) is 0 Å². The van der Waals surface area contributed by atoms with Crippen LogP contribution < -0.4 is 5.43 Å². The van der Waals surface area contributed by atoms with Gasteiger partial charge in [0.1, 0.15) is 0 Å². The fourth-order valence-electron chi connectivity index (χ4n) is 1.41. The molecular formula is C11H11BrN4O2. The second-order valence-electron chi connectivity index (χ2n) is 3.39. The number of H-pyrrole nitrogens is 1. The number of carbonyl (C=O) groups excluding carboxylic acids is 1. The number of nitrogens with one attached hydrogen (secondary N) is 2. The lowest BCUT2D eigenvalue weighted by atomic mass is 10.2. The Labute approximate surface area is 112 Å². The third-order valence-electron chi connectivity index (χ3n) is 2.20. The molecule has 0 spiro atoms. The van der Waals surface area contributed by atoms with Crippen LogP contribution in [0, 0.1) is 0 Å². The quantitative estimate of drug-likeness (QED) is 0.515. The SMILES string of the molecule is CCO/C=N/NC(=O)c1n[nH]c2ccc(Br)cc12. The first kappa shape index (κ1) is 12.6. The number of benzene rings is 1. The highest BCUT2D eigenvalue weighted by atomic mass is 79.9. The molecule has 0 atom stereocenters. The number of amides is 1. The van der Waals surface area contributed by atoms with E-state index < -0.39 is 5.91 Å². The van der Waals surface area contributed by atoms with E-state index in [0.29, 0.717) is 12.3 Å². The van der Waals surface area contributed by atoms with Gasteiger partial charge in [-0.1, -0.05) is 15.9 Å². The number of carbonyl (C=O) groups is 1. The van der Waals surface area contributed by atoms with E-state index >= 15 is 0 Å². The van der Waals surface area contributed by atoms with E-state index in [1.165, 1.54) is 6.40 Å². The molecule has 0 aliphatic heterocycles. The molecule has 1 heterocycles. The third-order valence-corrected chi connectivity index (χ3v) is 2.69. The zero-order valence-corrected chi connectivity index (χ0v) is 11.2. The number of fused-ring (bicyclic) bond motifs is 1. The number of ether oxygens (including phenoxy) is 1. The molecule has 0 unspecified atom stereocenters. The van der Waals surface area contributed by atoms with Crippen LogP contribution in [-0.2, 0) is 4.74 Å². The number of rotatable bonds is 4. The summed E-state index contributed by atoms with van der Waals surface area (Å²) in [7, 11) is 0. The molecule has 1 aromatic carbocycles. The first-order chi connectivity index (χ1) is 8.72. The summed E-state index contributed by atoms with van der Waals surface area (Å²) in [4.78, 5) is 11.8. The number of halogens is 1. The van der Waals surface area contributed by atoms with Gasteiger partial charge in [0.2, 0.25) is 0 Å². The molecule has 18 heavy (non-hydrogen) atoms. The summed E-state index contributed by atoms with van der Waals surface area (Å²) in [5.41, 5.74) is 3.42. The average molecular weight is 311 g/mol. The van der Waals surface area contributed by atoms with Crippen LogP contribution in [-0.4, -0.2) is 29.1 Å². The summed E-state index contributed by atoms with van der Waals surface area (Å²) in [5, 5.41) is 11.1. The standard InChI is InChI=1S/C11H11BrN4O2/c1-2-18-6-13-16-11(17)10-8-5-7(12)3-4-9(8)14-15-10/h3-6H,2H2,1H3,(H,14,15)(H,16,17)/b13-6+. The van der Waals surface area contributed by atoms with Gasteiger partial charge in [-0.05, 0) is 25.1 Å². The lowest BCUT2D eigenvalue weighted by molar-refractivity contribution is 0.0950. The predicted molar refractivity (Wildman–Crippen MR) is 71.4 cm³/mol. The number of hydrogen-bond acceptors (Lipinski definition) is 4. The van der Waals surface area contributed by atoms with Crippen LogP contribution in [0.15, 0.2) is 27.8 Å². The fourth-order valence-corrected chi connectivity index (χ4v) is 1.77. The molecule has 1 amide bonds. The number of aromatic amines is 1. The molecule has 0 saturated heterocycles. The van der Waals surface area contributed by atoms with Crippen molar-refractivity contribution in [2.45, 2.75) is 6.92 Å². The Morgan fingerprint density at radius 3 is 3.28 bits per heavy atom. The van der Waals surface area contributed by atoms with E-state index in [9.17, 15) is 4.79 Å². The molecule has 2 aromatic rings. The van der Waals surface area contributed by atoms with Gasteiger partial charge in [-0.25, -0.2) is 5.43 Å². The Morgan fingerprint density at radius 1 is 1.67 bits per heavy atom. The van der Waals surface area contributed by atoms with Crippen LogP contribution in [0.4, 0.5) is 0 Å². The van der Waals surface area contributed by atoms with Gasteiger partial charge in [0.25, 0.3) is 5.91 Å². The van der Waals surface area contributed by atoms with Crippen molar-refractivity contribution in [2.75, 3.05) is 6.61 Å². The van der Waals surface area contributed by atoms with Crippen molar-refractivity contribution < 1.29 is 9.53 Å². The van der Waals surface area contributed by atoms with Crippen molar-refractivity contribution in [2.24, 2.45) is 5.10 Å². The number of aromatic nitrogens is 2. The molecule has 7 heteroatoms. The van der Waals surface area contributed by atoms with Crippen molar-refractivity contribution in [1.82, 2.24) is 15.6 Å². The summed E-state index contributed by atoms with van der Waals surface area (Å²) in [6, 6.07) is 5.53. The van der Waals surface area contributed by atoms with Gasteiger partial charge >= 0.3 is 0 Å². The van der Waals surface area contributed by atoms with Crippen LogP contribution in [0.2, 0.25) is 0 Å². The first-order valence-electron chi connectivity index (χ1n) is 5.29. The summed E-state index contributed by atoms with van der Waals surface area (Å²) in [6.45, 7) is 2.32. The molecule has 2 rings (SSSR count). The van der Waals surface area contributed by atoms with Gasteiger partial charge in [0.15, 0.2) is 12.1 Å². The monoisotopic (exact) mass is 310 g/mol. The minimum absolute atomic E-state index is 0.292. The zero-order valence-electron chi connectivity index (χ0n) is 9.61. The second kappa shape index (κ2) is 5.63. The molecular weight excluding hydrogens is 300 g/mol. The lowest BCUT2D eigenvalue weighted by Crippen LogP contribution is -2.18. The summed E-state index contributed by atoms with van der Waals surface area (Å²) < 4.78 is 5.74. The number of hydrogen-bond donors (Lipinski definition) is 2. The van der Waals surface area contributed by atoms with Gasteiger partial charge in [-0.2, -0.15) is 5.10 Å². The number of hydrazone groups is 1. The van der Waals surface area contributed by atoms with Gasteiger partial charge < -0.3 is 4.74 Å². The topological polar surface area (TPSA) is 79.4 Å². The Morgan fingerprint density at radius 2 is 2.50 bits per heavy atom. The Hall–Kier alpha value is -1.89. The smallest absolute Gasteiger partial charge is 0.292 e. The maximum atomic E-state index is 11.8. The van der Waals surface area contributed by atoms with Crippen molar-refractivity contribution in [3.63, 3.8) is 0 Å². The number of nitrogens with zero attached hydrogens (tertiary/aromatic N) is 2. The van der Waals surface area contributed by atoms with Gasteiger partial charge in [0.05, 0.1) is 12.1 Å². The van der Waals surface area contributed by atoms with Crippen LogP contribution >= 0.6 is 15.9 Å². The Kier molecular flexibility index (Phi) is 3.93. The van der Waals surface area contributed by atoms with Crippen molar-refractivity contribution in [3.8, 4) is 0 Å². The van der Waals surface area contributed by atoms with Crippen molar-refractivity contribution in [1.29, 1.82) is 0 Å². The van der Waals surface area contributed by atoms with Gasteiger partial charge in [-0.3, -0.25) is 9.89 Å². The summed E-state index contributed by atoms with van der Waals surface area (Å²) >= 11 is 3.35. The maximum absolute atomic E-state index is 11.8. The largest absolute Gasteiger partial charge is 0.482 e. The Bertz CT molecular complexity index is 594. The van der Waals surface area contributed by atoms with E-state index in [0.717, 1.165) is 15.4 Å². The maximum Gasteiger partial charge on any atom is 0.292 e. The molecule has 94 valence electrons. The first-order valence-corrected chi connectivity index (χ1v) is 6.08. The molecule has 0 radical (unpaired) electrons. The fraction of sp³-hybridized carbons (Fsp3) is 0.182. The second-order valence-corrected chi connectivity index (χ2v) is 4.31. The summed E-state index contributed by atoms with van der Waals surface area (Å²) in [6.07, 6.45) is 1.18. The van der Waals surface area contributed by atoms with Crippen molar-refractivity contribution >= 4 is 39.1 Å². The third kappa shape index (κ3) is 2.67. The van der Waals surface area contributed by atoms with Crippen LogP contribution in [0.3, 0.4) is 0 Å². The van der Waals surface area contributed by atoms with E-state index in [1.54, 1.807) is 0 Å². The lowest BCUT2D eigenvalue weighted by Gasteiger charge is -1.97. The van der Waals surface area contributed by atoms with Crippen LogP contribution in [0.5, 0.6) is 0 Å². The molecule has 1 aromatic heterocycles. The molecule has 2 N–H and O–H groups in total. The average Bonchev–Trinajstić information content (AvgIpc) is 2.77. The van der Waals surface area contributed by atoms with Crippen LogP contribution in [0.1, 0.15) is 17.4 Å². The zero-order chi connectivity index (χ0) is 13.0. The normalized spacial score (nSPS) is 11.0. The Balaban J connectivity index is 2.20. The highest BCUT2D eigenvalue weighted by Gasteiger charge is 2.13.